The van der Waals surface area contributed by atoms with Crippen LogP contribution < -0.4 is 0 Å². The average molecular weight is 468 g/mol. The van der Waals surface area contributed by atoms with Crippen LogP contribution in [0.25, 0.3) is 0 Å². The van der Waals surface area contributed by atoms with Crippen molar-refractivity contribution < 1.29 is 68.3 Å². The van der Waals surface area contributed by atoms with Crippen LogP contribution >= 0.6 is 0 Å². The van der Waals surface area contributed by atoms with E-state index >= 15 is 0 Å². The first kappa shape index (κ1) is 26.3. The quantitative estimate of drug-likeness (QED) is 0.180. The van der Waals surface area contributed by atoms with Crippen molar-refractivity contribution >= 4 is 17.9 Å². The maximum Gasteiger partial charge on any atom is 0.303 e. The summed E-state index contributed by atoms with van der Waals surface area (Å²) in [4.78, 5) is 34.5. The Bertz CT molecular complexity index is 668. The Morgan fingerprint density at radius 3 is 1.88 bits per heavy atom. The van der Waals surface area contributed by atoms with Crippen molar-refractivity contribution in [2.24, 2.45) is 0 Å². The normalized spacial score (nSPS) is 39.8. The Hall–Kier alpha value is -1.91. The summed E-state index contributed by atoms with van der Waals surface area (Å²) in [5.41, 5.74) is 0. The van der Waals surface area contributed by atoms with Gasteiger partial charge < -0.3 is 54.0 Å². The fourth-order valence-electron chi connectivity index (χ4n) is 3.37. The molecule has 0 aromatic rings. The molecule has 14 nitrogen and oxygen atoms in total. The third kappa shape index (κ3) is 6.32. The number of ether oxygens (including phenoxy) is 6. The molecule has 2 heterocycles. The van der Waals surface area contributed by atoms with Crippen LogP contribution in [0.15, 0.2) is 0 Å². The molecule has 14 heteroatoms. The van der Waals surface area contributed by atoms with Crippen LogP contribution in [-0.2, 0) is 42.8 Å². The van der Waals surface area contributed by atoms with Gasteiger partial charge in [-0.05, 0) is 0 Å². The number of aliphatic hydroxyl groups excluding tert-OH is 5. The number of hydrogen-bond donors (Lipinski definition) is 5. The minimum absolute atomic E-state index is 0.501. The molecule has 2 aliphatic rings. The minimum atomic E-state index is -1.82. The van der Waals surface area contributed by atoms with Crippen LogP contribution in [0.2, 0.25) is 0 Å². The first-order valence-corrected chi connectivity index (χ1v) is 9.73. The molecule has 2 saturated heterocycles. The van der Waals surface area contributed by atoms with Gasteiger partial charge >= 0.3 is 17.9 Å². The van der Waals surface area contributed by atoms with E-state index in [0.29, 0.717) is 0 Å². The molecule has 0 aliphatic carbocycles. The molecule has 32 heavy (non-hydrogen) atoms. The Morgan fingerprint density at radius 1 is 0.750 bits per heavy atom. The summed E-state index contributed by atoms with van der Waals surface area (Å²) in [6, 6.07) is 0. The summed E-state index contributed by atoms with van der Waals surface area (Å²) in [5.74, 6) is -2.41. The number of hydrogen-bond acceptors (Lipinski definition) is 14. The fraction of sp³-hybridized carbons (Fsp3) is 0.833. The molecule has 0 radical (unpaired) electrons. The van der Waals surface area contributed by atoms with Gasteiger partial charge in [-0.15, -0.1) is 0 Å². The van der Waals surface area contributed by atoms with Crippen molar-refractivity contribution in [1.82, 2.24) is 0 Å². The van der Waals surface area contributed by atoms with Crippen LogP contribution in [-0.4, -0.2) is 118 Å². The first-order valence-electron chi connectivity index (χ1n) is 9.73. The molecular weight excluding hydrogens is 440 g/mol. The summed E-state index contributed by atoms with van der Waals surface area (Å²) in [6.45, 7) is 1.95. The molecule has 0 saturated carbocycles. The average Bonchev–Trinajstić information content (AvgIpc) is 2.70. The highest BCUT2D eigenvalue weighted by Crippen LogP contribution is 2.31. The van der Waals surface area contributed by atoms with Crippen LogP contribution in [0.4, 0.5) is 0 Å². The van der Waals surface area contributed by atoms with Crippen molar-refractivity contribution in [3.05, 3.63) is 0 Å². The third-order valence-electron chi connectivity index (χ3n) is 4.80. The van der Waals surface area contributed by atoms with Crippen LogP contribution in [0.5, 0.6) is 0 Å². The number of carbonyl (C=O) groups excluding carboxylic acids is 3. The van der Waals surface area contributed by atoms with Gasteiger partial charge in [0.15, 0.2) is 24.8 Å². The van der Waals surface area contributed by atoms with Crippen molar-refractivity contribution in [2.45, 2.75) is 82.2 Å². The molecule has 2 fully saturated rings. The molecule has 0 aromatic heterocycles. The van der Waals surface area contributed by atoms with Gasteiger partial charge in [0.1, 0.15) is 43.2 Å². The highest BCUT2D eigenvalue weighted by Gasteiger charge is 2.53. The third-order valence-corrected chi connectivity index (χ3v) is 4.80. The van der Waals surface area contributed by atoms with Gasteiger partial charge in [-0.25, -0.2) is 0 Å². The predicted octanol–water partition coefficient (Wildman–Crippen LogP) is -3.68. The Labute approximate surface area is 182 Å². The smallest absolute Gasteiger partial charge is 0.303 e. The lowest BCUT2D eigenvalue weighted by Gasteiger charge is -2.46. The standard InChI is InChI=1S/C18H28O14/c1-6(20)27-5-10-14(32-18-13(25)12(24)11(23)9(4-19)31-18)15(28-7(2)21)16(17(26)30-10)29-8(3)22/h9-19,23-26H,4-5H2,1-3H3/t9-,10-,11-,12+,13-,14-,15+,16-,17-,18+/m1/s1. The largest absolute Gasteiger partial charge is 0.463 e. The van der Waals surface area contributed by atoms with Crippen molar-refractivity contribution in [1.29, 1.82) is 0 Å². The second kappa shape index (κ2) is 11.3. The van der Waals surface area contributed by atoms with E-state index in [2.05, 4.69) is 0 Å². The van der Waals surface area contributed by atoms with E-state index in [1.165, 1.54) is 0 Å². The van der Waals surface area contributed by atoms with Gasteiger partial charge in [0, 0.05) is 20.8 Å². The minimum Gasteiger partial charge on any atom is -0.463 e. The zero-order valence-corrected chi connectivity index (χ0v) is 17.6. The zero-order chi connectivity index (χ0) is 24.2. The predicted molar refractivity (Wildman–Crippen MR) is 97.3 cm³/mol. The number of aliphatic hydroxyl groups is 5. The summed E-state index contributed by atoms with van der Waals surface area (Å²) in [6.07, 6.45) is -15.9. The monoisotopic (exact) mass is 468 g/mol. The molecule has 0 amide bonds. The highest BCUT2D eigenvalue weighted by molar-refractivity contribution is 5.67. The highest BCUT2D eigenvalue weighted by atomic mass is 16.7. The van der Waals surface area contributed by atoms with Gasteiger partial charge in [0.25, 0.3) is 0 Å². The number of carbonyl (C=O) groups is 3. The maximum absolute atomic E-state index is 11.7. The molecule has 184 valence electrons. The lowest BCUT2D eigenvalue weighted by Crippen LogP contribution is -2.65. The molecule has 0 bridgehead atoms. The molecule has 2 rings (SSSR count). The van der Waals surface area contributed by atoms with E-state index in [1.807, 2.05) is 0 Å². The SMILES string of the molecule is CC(=O)OC[C@H]1O[C@@H](O)[C@H](OC(C)=O)[C@@H](OC(C)=O)[C@@H]1O[C@@H]1O[C@H](CO)[C@@H](O)[C@H](O)[C@H]1O. The molecule has 2 aliphatic heterocycles. The van der Waals surface area contributed by atoms with Gasteiger partial charge in [-0.2, -0.15) is 0 Å². The van der Waals surface area contributed by atoms with Gasteiger partial charge in [0.05, 0.1) is 6.61 Å². The summed E-state index contributed by atoms with van der Waals surface area (Å²) < 4.78 is 31.4. The lowest BCUT2D eigenvalue weighted by atomic mass is 9.96. The Kier molecular flexibility index (Phi) is 9.29. The molecule has 10 atom stereocenters. The first-order chi connectivity index (χ1) is 15.0. The van der Waals surface area contributed by atoms with Crippen molar-refractivity contribution in [3.8, 4) is 0 Å². The van der Waals surface area contributed by atoms with E-state index in [4.69, 9.17) is 28.4 Å². The van der Waals surface area contributed by atoms with Crippen LogP contribution in [0, 0.1) is 0 Å². The fourth-order valence-corrected chi connectivity index (χ4v) is 3.37. The summed E-state index contributed by atoms with van der Waals surface area (Å²) >= 11 is 0. The van der Waals surface area contributed by atoms with E-state index in [-0.39, 0.29) is 0 Å². The number of rotatable bonds is 7. The second-order valence-electron chi connectivity index (χ2n) is 7.31. The van der Waals surface area contributed by atoms with Gasteiger partial charge in [0.2, 0.25) is 0 Å². The van der Waals surface area contributed by atoms with E-state index in [1.54, 1.807) is 0 Å². The van der Waals surface area contributed by atoms with Crippen LogP contribution in [0.3, 0.4) is 0 Å². The van der Waals surface area contributed by atoms with Crippen LogP contribution in [0.1, 0.15) is 20.8 Å². The Morgan fingerprint density at radius 2 is 1.34 bits per heavy atom. The number of esters is 3. The molecule has 5 N–H and O–H groups in total. The van der Waals surface area contributed by atoms with Crippen molar-refractivity contribution in [2.75, 3.05) is 13.2 Å². The maximum atomic E-state index is 11.7. The second-order valence-corrected chi connectivity index (χ2v) is 7.31. The van der Waals surface area contributed by atoms with E-state index < -0.39 is 92.5 Å². The van der Waals surface area contributed by atoms with E-state index in [9.17, 15) is 39.9 Å². The molecule has 0 spiro atoms. The van der Waals surface area contributed by atoms with Crippen molar-refractivity contribution in [3.63, 3.8) is 0 Å². The van der Waals surface area contributed by atoms with Gasteiger partial charge in [-0.1, -0.05) is 0 Å². The van der Waals surface area contributed by atoms with E-state index in [0.717, 1.165) is 20.8 Å². The summed E-state index contributed by atoms with van der Waals surface area (Å²) in [7, 11) is 0. The van der Waals surface area contributed by atoms with Gasteiger partial charge in [-0.3, -0.25) is 14.4 Å². The Balaban J connectivity index is 2.37. The summed E-state index contributed by atoms with van der Waals surface area (Å²) in [5, 5.41) is 49.9. The zero-order valence-electron chi connectivity index (χ0n) is 17.6. The molecular formula is C18H28O14. The molecule has 0 aromatic carbocycles. The molecule has 0 unspecified atom stereocenters. The lowest BCUT2D eigenvalue weighted by molar-refractivity contribution is -0.356. The topological polar surface area (TPSA) is 208 Å².